The van der Waals surface area contributed by atoms with E-state index in [1.54, 1.807) is 18.4 Å². The van der Waals surface area contributed by atoms with E-state index < -0.39 is 6.10 Å². The van der Waals surface area contributed by atoms with E-state index in [9.17, 15) is 5.11 Å². The second kappa shape index (κ2) is 10.3. The molecule has 0 aliphatic rings. The average molecular weight is 377 g/mol. The van der Waals surface area contributed by atoms with Crippen molar-refractivity contribution in [3.05, 3.63) is 95.9 Å². The highest BCUT2D eigenvalue weighted by Gasteiger charge is 2.15. The highest BCUT2D eigenvalue weighted by atomic mass is 16.4. The SMILES string of the molecule is CCNC(=NCC(O)c1ccco1)NCC(c1ccccc1)c1ccccc1. The van der Waals surface area contributed by atoms with E-state index in [1.807, 2.05) is 19.1 Å². The first-order valence-corrected chi connectivity index (χ1v) is 9.61. The van der Waals surface area contributed by atoms with Gasteiger partial charge >= 0.3 is 0 Å². The highest BCUT2D eigenvalue weighted by molar-refractivity contribution is 5.79. The minimum atomic E-state index is -0.760. The maximum Gasteiger partial charge on any atom is 0.191 e. The minimum absolute atomic E-state index is 0.196. The monoisotopic (exact) mass is 377 g/mol. The Kier molecular flexibility index (Phi) is 7.27. The second-order valence-corrected chi connectivity index (χ2v) is 6.51. The molecule has 1 aromatic heterocycles. The predicted octanol–water partition coefficient (Wildman–Crippen LogP) is 3.70. The first kappa shape index (κ1) is 19.7. The Morgan fingerprint density at radius 2 is 1.57 bits per heavy atom. The Balaban J connectivity index is 1.71. The van der Waals surface area contributed by atoms with Crippen molar-refractivity contribution >= 4 is 5.96 Å². The van der Waals surface area contributed by atoms with E-state index in [2.05, 4.69) is 64.2 Å². The molecule has 0 bridgehead atoms. The van der Waals surface area contributed by atoms with Crippen molar-refractivity contribution < 1.29 is 9.52 Å². The Hall–Kier alpha value is -3.05. The number of aliphatic imine (C=N–C) groups is 1. The number of hydrogen-bond donors (Lipinski definition) is 3. The zero-order chi connectivity index (χ0) is 19.6. The Morgan fingerprint density at radius 3 is 2.11 bits per heavy atom. The fourth-order valence-corrected chi connectivity index (χ4v) is 3.09. The molecule has 28 heavy (non-hydrogen) atoms. The van der Waals surface area contributed by atoms with Crippen LogP contribution in [0, 0.1) is 0 Å². The van der Waals surface area contributed by atoms with Crippen LogP contribution in [0.5, 0.6) is 0 Å². The summed E-state index contributed by atoms with van der Waals surface area (Å²) in [6.45, 7) is 3.68. The topological polar surface area (TPSA) is 69.8 Å². The Morgan fingerprint density at radius 1 is 0.929 bits per heavy atom. The number of rotatable bonds is 8. The van der Waals surface area contributed by atoms with E-state index >= 15 is 0 Å². The van der Waals surface area contributed by atoms with Crippen LogP contribution < -0.4 is 10.6 Å². The van der Waals surface area contributed by atoms with Crippen LogP contribution in [0.4, 0.5) is 0 Å². The van der Waals surface area contributed by atoms with Gasteiger partial charge in [-0.15, -0.1) is 0 Å². The van der Waals surface area contributed by atoms with Crippen molar-refractivity contribution in [3.63, 3.8) is 0 Å². The van der Waals surface area contributed by atoms with Gasteiger partial charge in [0.25, 0.3) is 0 Å². The summed E-state index contributed by atoms with van der Waals surface area (Å²) in [4.78, 5) is 4.51. The molecule has 0 saturated heterocycles. The number of guanidine groups is 1. The fraction of sp³-hybridized carbons (Fsp3) is 0.261. The van der Waals surface area contributed by atoms with Crippen LogP contribution in [0.3, 0.4) is 0 Å². The number of aliphatic hydroxyl groups is 1. The van der Waals surface area contributed by atoms with Crippen LogP contribution in [0.1, 0.15) is 35.8 Å². The summed E-state index contributed by atoms with van der Waals surface area (Å²) in [6, 6.07) is 24.4. The summed E-state index contributed by atoms with van der Waals surface area (Å²) < 4.78 is 5.24. The second-order valence-electron chi connectivity index (χ2n) is 6.51. The molecule has 0 aliphatic carbocycles. The number of hydrogen-bond acceptors (Lipinski definition) is 3. The van der Waals surface area contributed by atoms with Crippen molar-refractivity contribution in [2.24, 2.45) is 4.99 Å². The molecular formula is C23H27N3O2. The van der Waals surface area contributed by atoms with Gasteiger partial charge in [0.15, 0.2) is 5.96 Å². The van der Waals surface area contributed by atoms with Crippen LogP contribution in [-0.2, 0) is 0 Å². The summed E-state index contributed by atoms with van der Waals surface area (Å²) in [7, 11) is 0. The van der Waals surface area contributed by atoms with E-state index in [0.29, 0.717) is 18.3 Å². The number of nitrogens with zero attached hydrogens (tertiary/aromatic N) is 1. The van der Waals surface area contributed by atoms with Crippen molar-refractivity contribution in [2.45, 2.75) is 18.9 Å². The first-order valence-electron chi connectivity index (χ1n) is 9.61. The van der Waals surface area contributed by atoms with Gasteiger partial charge in [-0.25, -0.2) is 0 Å². The van der Waals surface area contributed by atoms with Crippen molar-refractivity contribution in [1.82, 2.24) is 10.6 Å². The van der Waals surface area contributed by atoms with E-state index in [-0.39, 0.29) is 12.5 Å². The van der Waals surface area contributed by atoms with Gasteiger partial charge in [-0.2, -0.15) is 0 Å². The smallest absolute Gasteiger partial charge is 0.191 e. The van der Waals surface area contributed by atoms with Crippen LogP contribution in [0.15, 0.2) is 88.5 Å². The molecule has 3 N–H and O–H groups in total. The normalized spacial score (nSPS) is 12.8. The molecule has 0 aliphatic heterocycles. The molecule has 2 aromatic carbocycles. The van der Waals surface area contributed by atoms with Gasteiger partial charge < -0.3 is 20.2 Å². The maximum atomic E-state index is 10.2. The van der Waals surface area contributed by atoms with Crippen LogP contribution in [0.2, 0.25) is 0 Å². The molecule has 5 nitrogen and oxygen atoms in total. The largest absolute Gasteiger partial charge is 0.467 e. The van der Waals surface area contributed by atoms with Crippen molar-refractivity contribution in [2.75, 3.05) is 19.6 Å². The van der Waals surface area contributed by atoms with Crippen molar-refractivity contribution in [3.8, 4) is 0 Å². The van der Waals surface area contributed by atoms with Gasteiger partial charge in [0.05, 0.1) is 12.8 Å². The number of nitrogens with one attached hydrogen (secondary N) is 2. The molecule has 1 unspecified atom stereocenters. The number of furan rings is 1. The lowest BCUT2D eigenvalue weighted by atomic mass is 9.91. The predicted molar refractivity (Wildman–Crippen MR) is 112 cm³/mol. The summed E-state index contributed by atoms with van der Waals surface area (Å²) >= 11 is 0. The zero-order valence-electron chi connectivity index (χ0n) is 16.1. The third kappa shape index (κ3) is 5.47. The first-order chi connectivity index (χ1) is 13.8. The summed E-state index contributed by atoms with van der Waals surface area (Å²) in [5.74, 6) is 1.39. The highest BCUT2D eigenvalue weighted by Crippen LogP contribution is 2.23. The molecule has 3 rings (SSSR count). The van der Waals surface area contributed by atoms with Gasteiger partial charge in [0, 0.05) is 19.0 Å². The number of benzene rings is 2. The summed E-state index contributed by atoms with van der Waals surface area (Å²) in [6.07, 6.45) is 0.792. The van der Waals surface area contributed by atoms with Gasteiger partial charge in [0.1, 0.15) is 11.9 Å². The van der Waals surface area contributed by atoms with Gasteiger partial charge in [-0.3, -0.25) is 4.99 Å². The van der Waals surface area contributed by atoms with E-state index in [4.69, 9.17) is 4.42 Å². The lowest BCUT2D eigenvalue weighted by molar-refractivity contribution is 0.158. The third-order valence-corrected chi connectivity index (χ3v) is 4.52. The molecule has 1 atom stereocenters. The summed E-state index contributed by atoms with van der Waals surface area (Å²) in [5.41, 5.74) is 2.49. The lowest BCUT2D eigenvalue weighted by Gasteiger charge is -2.21. The molecule has 0 fully saturated rings. The minimum Gasteiger partial charge on any atom is -0.467 e. The molecule has 3 aromatic rings. The standard InChI is InChI=1S/C23H27N3O2/c1-2-24-23(26-17-21(27)22-14-9-15-28-22)25-16-20(18-10-5-3-6-11-18)19-12-7-4-8-13-19/h3-15,20-21,27H,2,16-17H2,1H3,(H2,24,25,26). The van der Waals surface area contributed by atoms with Gasteiger partial charge in [-0.05, 0) is 30.2 Å². The Bertz CT molecular complexity index is 793. The van der Waals surface area contributed by atoms with Crippen molar-refractivity contribution in [1.29, 1.82) is 0 Å². The van der Waals surface area contributed by atoms with Crippen LogP contribution >= 0.6 is 0 Å². The molecule has 5 heteroatoms. The van der Waals surface area contributed by atoms with Gasteiger partial charge in [-0.1, -0.05) is 60.7 Å². The molecule has 146 valence electrons. The molecule has 0 spiro atoms. The lowest BCUT2D eigenvalue weighted by Crippen LogP contribution is -2.39. The zero-order valence-corrected chi connectivity index (χ0v) is 16.1. The maximum absolute atomic E-state index is 10.2. The molecule has 0 amide bonds. The van der Waals surface area contributed by atoms with Crippen LogP contribution in [-0.4, -0.2) is 30.7 Å². The molecule has 1 heterocycles. The Labute approximate surface area is 166 Å². The van der Waals surface area contributed by atoms with E-state index in [0.717, 1.165) is 6.54 Å². The molecule has 0 radical (unpaired) electrons. The average Bonchev–Trinajstić information content (AvgIpc) is 3.28. The molecule has 0 saturated carbocycles. The quantitative estimate of drug-likeness (QED) is 0.414. The summed E-state index contributed by atoms with van der Waals surface area (Å²) in [5, 5.41) is 16.9. The van der Waals surface area contributed by atoms with Gasteiger partial charge in [0.2, 0.25) is 0 Å². The van der Waals surface area contributed by atoms with E-state index in [1.165, 1.54) is 11.1 Å². The van der Waals surface area contributed by atoms with Crippen LogP contribution in [0.25, 0.3) is 0 Å². The molecular weight excluding hydrogens is 350 g/mol. The fourth-order valence-electron chi connectivity index (χ4n) is 3.09. The number of aliphatic hydroxyl groups excluding tert-OH is 1. The third-order valence-electron chi connectivity index (χ3n) is 4.52.